The number of esters is 1. The van der Waals surface area contributed by atoms with Crippen LogP contribution in [0.25, 0.3) is 0 Å². The molecule has 1 amide bonds. The highest BCUT2D eigenvalue weighted by atomic mass is 16.5. The van der Waals surface area contributed by atoms with Gasteiger partial charge in [-0.3, -0.25) is 9.59 Å². The summed E-state index contributed by atoms with van der Waals surface area (Å²) < 4.78 is 4.59. The monoisotopic (exact) mass is 243 g/mol. The fourth-order valence-corrected chi connectivity index (χ4v) is 1.52. The number of hydrogen-bond acceptors (Lipinski definition) is 3. The summed E-state index contributed by atoms with van der Waals surface area (Å²) in [5, 5.41) is 0. The van der Waals surface area contributed by atoms with Gasteiger partial charge < -0.3 is 9.64 Å². The van der Waals surface area contributed by atoms with E-state index in [0.29, 0.717) is 18.9 Å². The minimum Gasteiger partial charge on any atom is -0.469 e. The van der Waals surface area contributed by atoms with Crippen LogP contribution in [-0.4, -0.2) is 37.0 Å². The van der Waals surface area contributed by atoms with Crippen molar-refractivity contribution < 1.29 is 14.3 Å². The SMILES string of the molecule is CCCCN(CCC(=O)OC)C(=O)CC(C)C. The lowest BCUT2D eigenvalue weighted by atomic mass is 10.1. The maximum atomic E-state index is 11.9. The van der Waals surface area contributed by atoms with E-state index in [1.54, 1.807) is 4.90 Å². The van der Waals surface area contributed by atoms with Crippen LogP contribution in [0, 0.1) is 5.92 Å². The molecule has 0 radical (unpaired) electrons. The summed E-state index contributed by atoms with van der Waals surface area (Å²) in [7, 11) is 1.37. The summed E-state index contributed by atoms with van der Waals surface area (Å²) in [6, 6.07) is 0. The minimum atomic E-state index is -0.260. The zero-order valence-electron chi connectivity index (χ0n) is 11.5. The first-order valence-corrected chi connectivity index (χ1v) is 6.35. The number of hydrogen-bond donors (Lipinski definition) is 0. The van der Waals surface area contributed by atoms with E-state index in [1.807, 2.05) is 13.8 Å². The second-order valence-corrected chi connectivity index (χ2v) is 4.66. The molecular weight excluding hydrogens is 218 g/mol. The van der Waals surface area contributed by atoms with Crippen molar-refractivity contribution >= 4 is 11.9 Å². The van der Waals surface area contributed by atoms with Crippen LogP contribution in [0.15, 0.2) is 0 Å². The number of rotatable bonds is 8. The molecule has 0 heterocycles. The lowest BCUT2D eigenvalue weighted by Gasteiger charge is -2.23. The Bertz CT molecular complexity index is 239. The van der Waals surface area contributed by atoms with E-state index in [4.69, 9.17) is 0 Å². The molecule has 100 valence electrons. The van der Waals surface area contributed by atoms with Gasteiger partial charge in [0.2, 0.25) is 5.91 Å². The average Bonchev–Trinajstić information content (AvgIpc) is 2.27. The molecule has 4 heteroatoms. The Balaban J connectivity index is 4.21. The van der Waals surface area contributed by atoms with Gasteiger partial charge in [-0.05, 0) is 12.3 Å². The molecule has 0 atom stereocenters. The summed E-state index contributed by atoms with van der Waals surface area (Å²) in [6.45, 7) is 7.34. The van der Waals surface area contributed by atoms with E-state index < -0.39 is 0 Å². The molecule has 0 rings (SSSR count). The van der Waals surface area contributed by atoms with Crippen LogP contribution in [0.1, 0.15) is 46.5 Å². The number of unbranched alkanes of at least 4 members (excludes halogenated alkanes) is 1. The largest absolute Gasteiger partial charge is 0.469 e. The Kier molecular flexibility index (Phi) is 8.46. The molecule has 4 nitrogen and oxygen atoms in total. The maximum absolute atomic E-state index is 11.9. The van der Waals surface area contributed by atoms with Crippen molar-refractivity contribution in [1.82, 2.24) is 4.90 Å². The van der Waals surface area contributed by atoms with Crippen molar-refractivity contribution in [3.05, 3.63) is 0 Å². The molecule has 0 aliphatic heterocycles. The van der Waals surface area contributed by atoms with Gasteiger partial charge in [-0.2, -0.15) is 0 Å². The zero-order valence-corrected chi connectivity index (χ0v) is 11.5. The van der Waals surface area contributed by atoms with Gasteiger partial charge in [0.05, 0.1) is 13.5 Å². The van der Waals surface area contributed by atoms with E-state index in [9.17, 15) is 9.59 Å². The number of methoxy groups -OCH3 is 1. The maximum Gasteiger partial charge on any atom is 0.307 e. The Morgan fingerprint density at radius 1 is 1.24 bits per heavy atom. The number of amides is 1. The Labute approximate surface area is 104 Å². The first kappa shape index (κ1) is 15.9. The highest BCUT2D eigenvalue weighted by Gasteiger charge is 2.15. The van der Waals surface area contributed by atoms with Crippen LogP contribution in [-0.2, 0) is 14.3 Å². The lowest BCUT2D eigenvalue weighted by Crippen LogP contribution is -2.34. The smallest absolute Gasteiger partial charge is 0.307 e. The predicted octanol–water partition coefficient (Wildman–Crippen LogP) is 2.22. The predicted molar refractivity (Wildman–Crippen MR) is 67.6 cm³/mol. The topological polar surface area (TPSA) is 46.6 Å². The third-order valence-corrected chi connectivity index (χ3v) is 2.53. The van der Waals surface area contributed by atoms with Crippen molar-refractivity contribution in [1.29, 1.82) is 0 Å². The third-order valence-electron chi connectivity index (χ3n) is 2.53. The van der Waals surface area contributed by atoms with Gasteiger partial charge in [-0.1, -0.05) is 27.2 Å². The van der Waals surface area contributed by atoms with Gasteiger partial charge >= 0.3 is 5.97 Å². The van der Waals surface area contributed by atoms with Crippen molar-refractivity contribution in [2.24, 2.45) is 5.92 Å². The van der Waals surface area contributed by atoms with E-state index in [0.717, 1.165) is 19.4 Å². The highest BCUT2D eigenvalue weighted by molar-refractivity contribution is 5.77. The van der Waals surface area contributed by atoms with Crippen LogP contribution in [0.2, 0.25) is 0 Å². The first-order valence-electron chi connectivity index (χ1n) is 6.35. The van der Waals surface area contributed by atoms with Gasteiger partial charge in [-0.25, -0.2) is 0 Å². The molecule has 0 saturated heterocycles. The van der Waals surface area contributed by atoms with Gasteiger partial charge in [0, 0.05) is 19.5 Å². The van der Waals surface area contributed by atoms with E-state index in [-0.39, 0.29) is 18.3 Å². The number of nitrogens with zero attached hydrogens (tertiary/aromatic N) is 1. The zero-order chi connectivity index (χ0) is 13.3. The number of carbonyl (C=O) groups is 2. The van der Waals surface area contributed by atoms with E-state index in [2.05, 4.69) is 11.7 Å². The van der Waals surface area contributed by atoms with Gasteiger partial charge in [0.25, 0.3) is 0 Å². The molecule has 0 bridgehead atoms. The van der Waals surface area contributed by atoms with Crippen molar-refractivity contribution in [3.8, 4) is 0 Å². The van der Waals surface area contributed by atoms with Crippen molar-refractivity contribution in [3.63, 3.8) is 0 Å². The Hall–Kier alpha value is -1.06. The lowest BCUT2D eigenvalue weighted by molar-refractivity contribution is -0.141. The molecule has 0 N–H and O–H groups in total. The molecule has 0 saturated carbocycles. The molecule has 0 aliphatic rings. The molecule has 0 unspecified atom stereocenters. The summed E-state index contributed by atoms with van der Waals surface area (Å²) in [4.78, 5) is 24.8. The van der Waals surface area contributed by atoms with Crippen LogP contribution >= 0.6 is 0 Å². The Morgan fingerprint density at radius 3 is 2.35 bits per heavy atom. The van der Waals surface area contributed by atoms with Crippen LogP contribution < -0.4 is 0 Å². The first-order chi connectivity index (χ1) is 8.01. The van der Waals surface area contributed by atoms with Crippen LogP contribution in [0.3, 0.4) is 0 Å². The minimum absolute atomic E-state index is 0.136. The van der Waals surface area contributed by atoms with E-state index in [1.165, 1.54) is 7.11 Å². The second-order valence-electron chi connectivity index (χ2n) is 4.66. The number of carbonyl (C=O) groups excluding carboxylic acids is 2. The van der Waals surface area contributed by atoms with Crippen molar-refractivity contribution in [2.45, 2.75) is 46.5 Å². The summed E-state index contributed by atoms with van der Waals surface area (Å²) >= 11 is 0. The van der Waals surface area contributed by atoms with Crippen LogP contribution in [0.4, 0.5) is 0 Å². The molecule has 0 aromatic rings. The molecule has 0 aliphatic carbocycles. The second kappa shape index (κ2) is 9.02. The number of ether oxygens (including phenoxy) is 1. The summed E-state index contributed by atoms with van der Waals surface area (Å²) in [5.74, 6) is 0.228. The van der Waals surface area contributed by atoms with Gasteiger partial charge in [-0.15, -0.1) is 0 Å². The van der Waals surface area contributed by atoms with E-state index >= 15 is 0 Å². The summed E-state index contributed by atoms with van der Waals surface area (Å²) in [5.41, 5.74) is 0. The third kappa shape index (κ3) is 7.77. The Morgan fingerprint density at radius 2 is 1.88 bits per heavy atom. The average molecular weight is 243 g/mol. The van der Waals surface area contributed by atoms with Gasteiger partial charge in [0.15, 0.2) is 0 Å². The molecule has 0 spiro atoms. The summed E-state index contributed by atoms with van der Waals surface area (Å²) in [6.07, 6.45) is 2.85. The fourth-order valence-electron chi connectivity index (χ4n) is 1.52. The molecular formula is C13H25NO3. The standard InChI is InChI=1S/C13H25NO3/c1-5-6-8-14(9-7-13(16)17-4)12(15)10-11(2)3/h11H,5-10H2,1-4H3. The molecule has 0 aromatic carbocycles. The highest BCUT2D eigenvalue weighted by Crippen LogP contribution is 2.06. The van der Waals surface area contributed by atoms with Crippen LogP contribution in [0.5, 0.6) is 0 Å². The molecule has 0 fully saturated rings. The normalized spacial score (nSPS) is 10.4. The van der Waals surface area contributed by atoms with Gasteiger partial charge in [0.1, 0.15) is 0 Å². The fraction of sp³-hybridized carbons (Fsp3) is 0.846. The molecule has 17 heavy (non-hydrogen) atoms. The molecule has 0 aromatic heterocycles. The van der Waals surface area contributed by atoms with Crippen molar-refractivity contribution in [2.75, 3.05) is 20.2 Å². The quantitative estimate of drug-likeness (QED) is 0.614.